The predicted molar refractivity (Wildman–Crippen MR) is 70.3 cm³/mol. The van der Waals surface area contributed by atoms with Gasteiger partial charge in [0.2, 0.25) is 0 Å². The molecule has 1 fully saturated rings. The lowest BCUT2D eigenvalue weighted by Gasteiger charge is -2.30. The summed E-state index contributed by atoms with van der Waals surface area (Å²) in [5.74, 6) is 0.0723. The zero-order valence-corrected chi connectivity index (χ0v) is 10.8. The first-order valence-corrected chi connectivity index (χ1v) is 6.33. The van der Waals surface area contributed by atoms with Crippen molar-refractivity contribution < 1.29 is 9.53 Å². The van der Waals surface area contributed by atoms with E-state index in [-0.39, 0.29) is 11.9 Å². The van der Waals surface area contributed by atoms with E-state index >= 15 is 0 Å². The normalized spacial score (nSPS) is 19.9. The van der Waals surface area contributed by atoms with Gasteiger partial charge in [-0.1, -0.05) is 12.1 Å². The van der Waals surface area contributed by atoms with Gasteiger partial charge in [0.15, 0.2) is 0 Å². The summed E-state index contributed by atoms with van der Waals surface area (Å²) in [6.45, 7) is 2.00. The molecule has 1 saturated heterocycles. The molecule has 1 aromatic rings. The molecule has 0 radical (unpaired) electrons. The zero-order chi connectivity index (χ0) is 13.0. The van der Waals surface area contributed by atoms with Crippen LogP contribution in [0.25, 0.3) is 0 Å². The quantitative estimate of drug-likeness (QED) is 0.879. The van der Waals surface area contributed by atoms with Crippen molar-refractivity contribution in [2.75, 3.05) is 20.2 Å². The summed E-state index contributed by atoms with van der Waals surface area (Å²) in [6, 6.07) is 7.71. The molecule has 0 aliphatic carbocycles. The molecule has 1 aromatic carbocycles. The number of piperidine rings is 1. The molecule has 18 heavy (non-hydrogen) atoms. The highest BCUT2D eigenvalue weighted by atomic mass is 16.5. The van der Waals surface area contributed by atoms with Crippen LogP contribution in [-0.4, -0.2) is 37.0 Å². The van der Waals surface area contributed by atoms with Crippen LogP contribution in [0.2, 0.25) is 0 Å². The van der Waals surface area contributed by atoms with Gasteiger partial charge >= 0.3 is 0 Å². The van der Waals surface area contributed by atoms with Gasteiger partial charge in [0, 0.05) is 31.8 Å². The number of hydrogen-bond donors (Lipinski definition) is 1. The first-order chi connectivity index (χ1) is 8.70. The monoisotopic (exact) mass is 248 g/mol. The number of carbonyl (C=O) groups excluding carboxylic acids is 1. The van der Waals surface area contributed by atoms with Crippen LogP contribution in [0.4, 0.5) is 0 Å². The van der Waals surface area contributed by atoms with E-state index < -0.39 is 0 Å². The Hall–Kier alpha value is -1.39. The average molecular weight is 248 g/mol. The molecular weight excluding hydrogens is 228 g/mol. The van der Waals surface area contributed by atoms with Gasteiger partial charge in [0.05, 0.1) is 6.61 Å². The minimum atomic E-state index is 0.0723. The SMILES string of the molecule is COCc1cccc(C(=O)N2CCCC(N)C2)c1. The first-order valence-electron chi connectivity index (χ1n) is 6.33. The Morgan fingerprint density at radius 2 is 2.39 bits per heavy atom. The molecule has 1 unspecified atom stereocenters. The molecule has 1 aliphatic heterocycles. The van der Waals surface area contributed by atoms with E-state index in [0.717, 1.165) is 30.5 Å². The topological polar surface area (TPSA) is 55.6 Å². The highest BCUT2D eigenvalue weighted by Gasteiger charge is 2.22. The molecule has 0 bridgehead atoms. The lowest BCUT2D eigenvalue weighted by Crippen LogP contribution is -2.45. The van der Waals surface area contributed by atoms with E-state index in [0.29, 0.717) is 13.2 Å². The van der Waals surface area contributed by atoms with Crippen molar-refractivity contribution in [1.29, 1.82) is 0 Å². The number of likely N-dealkylation sites (tertiary alicyclic amines) is 1. The molecule has 4 heteroatoms. The molecule has 1 amide bonds. The van der Waals surface area contributed by atoms with Gasteiger partial charge in [0.25, 0.3) is 5.91 Å². The van der Waals surface area contributed by atoms with Crippen molar-refractivity contribution in [2.45, 2.75) is 25.5 Å². The Labute approximate surface area is 108 Å². The summed E-state index contributed by atoms with van der Waals surface area (Å²) in [5.41, 5.74) is 7.64. The van der Waals surface area contributed by atoms with E-state index in [1.165, 1.54) is 0 Å². The molecule has 2 N–H and O–H groups in total. The summed E-state index contributed by atoms with van der Waals surface area (Å²) in [7, 11) is 1.65. The van der Waals surface area contributed by atoms with Crippen LogP contribution in [-0.2, 0) is 11.3 Å². The van der Waals surface area contributed by atoms with Crippen molar-refractivity contribution in [3.05, 3.63) is 35.4 Å². The molecular formula is C14H20N2O2. The third kappa shape index (κ3) is 3.09. The maximum absolute atomic E-state index is 12.3. The number of methoxy groups -OCH3 is 1. The zero-order valence-electron chi connectivity index (χ0n) is 10.8. The van der Waals surface area contributed by atoms with Crippen LogP contribution in [0.5, 0.6) is 0 Å². The van der Waals surface area contributed by atoms with E-state index in [2.05, 4.69) is 0 Å². The Morgan fingerprint density at radius 3 is 3.11 bits per heavy atom. The maximum Gasteiger partial charge on any atom is 0.253 e. The van der Waals surface area contributed by atoms with Crippen molar-refractivity contribution >= 4 is 5.91 Å². The molecule has 0 saturated carbocycles. The van der Waals surface area contributed by atoms with Gasteiger partial charge in [-0.25, -0.2) is 0 Å². The lowest BCUT2D eigenvalue weighted by atomic mass is 10.0. The molecule has 1 aliphatic rings. The van der Waals surface area contributed by atoms with Gasteiger partial charge in [-0.3, -0.25) is 4.79 Å². The number of hydrogen-bond acceptors (Lipinski definition) is 3. The second kappa shape index (κ2) is 5.98. The third-order valence-corrected chi connectivity index (χ3v) is 3.23. The number of rotatable bonds is 3. The molecule has 0 aromatic heterocycles. The van der Waals surface area contributed by atoms with E-state index in [1.807, 2.05) is 29.2 Å². The number of carbonyl (C=O) groups is 1. The largest absolute Gasteiger partial charge is 0.380 e. The maximum atomic E-state index is 12.3. The average Bonchev–Trinajstić information content (AvgIpc) is 2.39. The summed E-state index contributed by atoms with van der Waals surface area (Å²) in [5, 5.41) is 0. The van der Waals surface area contributed by atoms with Gasteiger partial charge in [-0.15, -0.1) is 0 Å². The van der Waals surface area contributed by atoms with Crippen LogP contribution in [0, 0.1) is 0 Å². The van der Waals surface area contributed by atoms with Crippen LogP contribution >= 0.6 is 0 Å². The predicted octanol–water partition coefficient (Wildman–Crippen LogP) is 1.40. The second-order valence-electron chi connectivity index (χ2n) is 4.79. The van der Waals surface area contributed by atoms with Crippen LogP contribution < -0.4 is 5.73 Å². The van der Waals surface area contributed by atoms with Gasteiger partial charge in [0.1, 0.15) is 0 Å². The third-order valence-electron chi connectivity index (χ3n) is 3.23. The lowest BCUT2D eigenvalue weighted by molar-refractivity contribution is 0.0708. The van der Waals surface area contributed by atoms with Crippen molar-refractivity contribution in [1.82, 2.24) is 4.90 Å². The second-order valence-corrected chi connectivity index (χ2v) is 4.79. The summed E-state index contributed by atoms with van der Waals surface area (Å²) in [4.78, 5) is 14.2. The fraction of sp³-hybridized carbons (Fsp3) is 0.500. The van der Waals surface area contributed by atoms with E-state index in [4.69, 9.17) is 10.5 Å². The Bertz CT molecular complexity index is 420. The fourth-order valence-electron chi connectivity index (χ4n) is 2.34. The first kappa shape index (κ1) is 13.1. The van der Waals surface area contributed by atoms with Crippen molar-refractivity contribution in [2.24, 2.45) is 5.73 Å². The van der Waals surface area contributed by atoms with Crippen molar-refractivity contribution in [3.8, 4) is 0 Å². The number of nitrogens with zero attached hydrogens (tertiary/aromatic N) is 1. The highest BCUT2D eigenvalue weighted by Crippen LogP contribution is 2.14. The molecule has 4 nitrogen and oxygen atoms in total. The van der Waals surface area contributed by atoms with Gasteiger partial charge < -0.3 is 15.4 Å². The smallest absolute Gasteiger partial charge is 0.253 e. The van der Waals surface area contributed by atoms with Crippen LogP contribution in [0.1, 0.15) is 28.8 Å². The minimum Gasteiger partial charge on any atom is -0.380 e. The molecule has 2 rings (SSSR count). The Kier molecular flexibility index (Phi) is 4.33. The number of nitrogens with two attached hydrogens (primary N) is 1. The van der Waals surface area contributed by atoms with Crippen LogP contribution in [0.3, 0.4) is 0 Å². The van der Waals surface area contributed by atoms with Crippen molar-refractivity contribution in [3.63, 3.8) is 0 Å². The molecule has 1 atom stereocenters. The van der Waals surface area contributed by atoms with Gasteiger partial charge in [-0.2, -0.15) is 0 Å². The highest BCUT2D eigenvalue weighted by molar-refractivity contribution is 5.94. The molecule has 1 heterocycles. The Balaban J connectivity index is 2.10. The number of amides is 1. The number of ether oxygens (including phenoxy) is 1. The number of benzene rings is 1. The summed E-state index contributed by atoms with van der Waals surface area (Å²) in [6.07, 6.45) is 2.00. The summed E-state index contributed by atoms with van der Waals surface area (Å²) >= 11 is 0. The fourth-order valence-corrected chi connectivity index (χ4v) is 2.34. The minimum absolute atomic E-state index is 0.0723. The van der Waals surface area contributed by atoms with Crippen LogP contribution in [0.15, 0.2) is 24.3 Å². The van der Waals surface area contributed by atoms with E-state index in [9.17, 15) is 4.79 Å². The summed E-state index contributed by atoms with van der Waals surface area (Å²) < 4.78 is 5.08. The van der Waals surface area contributed by atoms with E-state index in [1.54, 1.807) is 7.11 Å². The Morgan fingerprint density at radius 1 is 1.56 bits per heavy atom. The van der Waals surface area contributed by atoms with Gasteiger partial charge in [-0.05, 0) is 30.5 Å². The molecule has 0 spiro atoms. The standard InChI is InChI=1S/C14H20N2O2/c1-18-10-11-4-2-5-12(8-11)14(17)16-7-3-6-13(15)9-16/h2,4-5,8,13H,3,6-7,9-10,15H2,1H3. The molecule has 98 valence electrons.